The quantitative estimate of drug-likeness (QED) is 0.677. The zero-order chi connectivity index (χ0) is 10.6. The van der Waals surface area contributed by atoms with Gasteiger partial charge in [0.05, 0.1) is 24.7 Å². The van der Waals surface area contributed by atoms with Crippen molar-refractivity contribution >= 4 is 5.97 Å². The number of carbonyl (C=O) groups excluding carboxylic acids is 1. The van der Waals surface area contributed by atoms with Crippen LogP contribution in [0.1, 0.15) is 23.0 Å². The van der Waals surface area contributed by atoms with Crippen molar-refractivity contribution < 1.29 is 9.53 Å². The van der Waals surface area contributed by atoms with Gasteiger partial charge in [-0.1, -0.05) is 0 Å². The topological polar surface area (TPSA) is 55.0 Å². The molecule has 0 aromatic carbocycles. The Hall–Kier alpha value is -1.76. The first-order chi connectivity index (χ1) is 6.70. The monoisotopic (exact) mass is 192 g/mol. The number of carbonyl (C=O) groups is 1. The molecule has 4 nitrogen and oxygen atoms in total. The van der Waals surface area contributed by atoms with Gasteiger partial charge in [0.2, 0.25) is 0 Å². The molecule has 1 aromatic heterocycles. The number of ether oxygens (including phenoxy) is 1. The van der Waals surface area contributed by atoms with Crippen LogP contribution in [0, 0.1) is 11.3 Å². The number of nitrogens with zero attached hydrogens (tertiary/aromatic N) is 2. The van der Waals surface area contributed by atoms with Crippen LogP contribution < -0.4 is 0 Å². The molecule has 4 heteroatoms. The van der Waals surface area contributed by atoms with E-state index in [2.05, 4.69) is 0 Å². The molecular weight excluding hydrogens is 180 g/mol. The van der Waals surface area contributed by atoms with Crippen molar-refractivity contribution in [3.63, 3.8) is 0 Å². The van der Waals surface area contributed by atoms with Gasteiger partial charge in [-0.25, -0.2) is 4.79 Å². The molecule has 0 fully saturated rings. The molecule has 0 N–H and O–H groups in total. The standard InChI is InChI=1S/C10H12N2O2/c1-3-14-10(13)8-5-7-12(2)9(8)4-6-11/h5,7H,3-4H2,1-2H3. The molecule has 0 bridgehead atoms. The second-order valence-electron chi connectivity index (χ2n) is 2.84. The van der Waals surface area contributed by atoms with E-state index < -0.39 is 0 Å². The van der Waals surface area contributed by atoms with Crippen LogP contribution in [-0.4, -0.2) is 17.1 Å². The van der Waals surface area contributed by atoms with Gasteiger partial charge in [0.25, 0.3) is 0 Å². The number of hydrogen-bond donors (Lipinski definition) is 0. The molecule has 0 saturated heterocycles. The van der Waals surface area contributed by atoms with Crippen LogP contribution in [0.2, 0.25) is 0 Å². The molecule has 14 heavy (non-hydrogen) atoms. The van der Waals surface area contributed by atoms with Gasteiger partial charge in [-0.15, -0.1) is 0 Å². The molecule has 0 radical (unpaired) electrons. The Kier molecular flexibility index (Phi) is 3.29. The maximum absolute atomic E-state index is 11.4. The van der Waals surface area contributed by atoms with Gasteiger partial charge in [0.1, 0.15) is 0 Å². The molecule has 0 unspecified atom stereocenters. The van der Waals surface area contributed by atoms with Crippen molar-refractivity contribution in [2.24, 2.45) is 7.05 Å². The van der Waals surface area contributed by atoms with Crippen LogP contribution >= 0.6 is 0 Å². The molecule has 0 atom stereocenters. The largest absolute Gasteiger partial charge is 0.462 e. The average Bonchev–Trinajstić information content (AvgIpc) is 2.50. The maximum atomic E-state index is 11.4. The van der Waals surface area contributed by atoms with E-state index in [0.29, 0.717) is 17.9 Å². The molecule has 74 valence electrons. The average molecular weight is 192 g/mol. The van der Waals surface area contributed by atoms with Gasteiger partial charge in [-0.3, -0.25) is 0 Å². The first kappa shape index (κ1) is 10.3. The summed E-state index contributed by atoms with van der Waals surface area (Å²) in [4.78, 5) is 11.4. The molecule has 1 heterocycles. The Morgan fingerprint density at radius 3 is 3.00 bits per heavy atom. The van der Waals surface area contributed by atoms with E-state index >= 15 is 0 Å². The molecule has 0 spiro atoms. The summed E-state index contributed by atoms with van der Waals surface area (Å²) in [5, 5.41) is 8.58. The summed E-state index contributed by atoms with van der Waals surface area (Å²) in [6, 6.07) is 3.69. The highest BCUT2D eigenvalue weighted by Gasteiger charge is 2.14. The van der Waals surface area contributed by atoms with Gasteiger partial charge in [-0.05, 0) is 13.0 Å². The van der Waals surface area contributed by atoms with Crippen molar-refractivity contribution in [3.8, 4) is 6.07 Å². The third-order valence-corrected chi connectivity index (χ3v) is 1.94. The molecular formula is C10H12N2O2. The third kappa shape index (κ3) is 1.94. The minimum atomic E-state index is -0.363. The van der Waals surface area contributed by atoms with Gasteiger partial charge in [0, 0.05) is 18.9 Å². The molecule has 1 aromatic rings. The van der Waals surface area contributed by atoms with E-state index in [0.717, 1.165) is 0 Å². The van der Waals surface area contributed by atoms with Crippen molar-refractivity contribution in [2.75, 3.05) is 6.61 Å². The minimum absolute atomic E-state index is 0.220. The summed E-state index contributed by atoms with van der Waals surface area (Å²) < 4.78 is 6.63. The zero-order valence-corrected chi connectivity index (χ0v) is 8.28. The Labute approximate surface area is 82.7 Å². The summed E-state index contributed by atoms with van der Waals surface area (Å²) in [6.45, 7) is 2.10. The van der Waals surface area contributed by atoms with Crippen LogP contribution in [0.4, 0.5) is 0 Å². The SMILES string of the molecule is CCOC(=O)c1ccn(C)c1CC#N. The zero-order valence-electron chi connectivity index (χ0n) is 8.28. The van der Waals surface area contributed by atoms with Crippen LogP contribution in [0.3, 0.4) is 0 Å². The Bertz CT molecular complexity index is 374. The lowest BCUT2D eigenvalue weighted by molar-refractivity contribution is 0.0525. The van der Waals surface area contributed by atoms with E-state index in [9.17, 15) is 4.79 Å². The fourth-order valence-electron chi connectivity index (χ4n) is 1.25. The highest BCUT2D eigenvalue weighted by Crippen LogP contribution is 2.11. The first-order valence-corrected chi connectivity index (χ1v) is 4.39. The smallest absolute Gasteiger partial charge is 0.339 e. The summed E-state index contributed by atoms with van der Waals surface area (Å²) in [5.41, 5.74) is 1.18. The number of rotatable bonds is 3. The first-order valence-electron chi connectivity index (χ1n) is 4.39. The second-order valence-corrected chi connectivity index (χ2v) is 2.84. The van der Waals surface area contributed by atoms with Gasteiger partial charge in [0.15, 0.2) is 0 Å². The summed E-state index contributed by atoms with van der Waals surface area (Å²) in [7, 11) is 1.80. The number of aromatic nitrogens is 1. The summed E-state index contributed by atoms with van der Waals surface area (Å²) in [5.74, 6) is -0.363. The van der Waals surface area contributed by atoms with Gasteiger partial charge >= 0.3 is 5.97 Å². The fourth-order valence-corrected chi connectivity index (χ4v) is 1.25. The van der Waals surface area contributed by atoms with E-state index in [1.165, 1.54) is 0 Å². The predicted octanol–water partition coefficient (Wildman–Crippen LogP) is 1.27. The fraction of sp³-hybridized carbons (Fsp3) is 0.400. The van der Waals surface area contributed by atoms with Crippen LogP contribution in [0.15, 0.2) is 12.3 Å². The number of hydrogen-bond acceptors (Lipinski definition) is 3. The van der Waals surface area contributed by atoms with Crippen LogP contribution in [0.25, 0.3) is 0 Å². The van der Waals surface area contributed by atoms with Crippen molar-refractivity contribution in [1.29, 1.82) is 5.26 Å². The summed E-state index contributed by atoms with van der Waals surface area (Å²) in [6.07, 6.45) is 1.97. The Morgan fingerprint density at radius 2 is 2.43 bits per heavy atom. The number of nitriles is 1. The third-order valence-electron chi connectivity index (χ3n) is 1.94. The van der Waals surface area contributed by atoms with Crippen molar-refractivity contribution in [3.05, 3.63) is 23.5 Å². The molecule has 0 aliphatic rings. The van der Waals surface area contributed by atoms with E-state index in [1.807, 2.05) is 6.07 Å². The molecule has 0 amide bonds. The highest BCUT2D eigenvalue weighted by atomic mass is 16.5. The Morgan fingerprint density at radius 1 is 1.71 bits per heavy atom. The van der Waals surface area contributed by atoms with E-state index in [-0.39, 0.29) is 12.4 Å². The minimum Gasteiger partial charge on any atom is -0.462 e. The lowest BCUT2D eigenvalue weighted by Crippen LogP contribution is -2.08. The number of esters is 1. The van der Waals surface area contributed by atoms with E-state index in [1.54, 1.807) is 30.8 Å². The lowest BCUT2D eigenvalue weighted by Gasteiger charge is -2.03. The normalized spacial score (nSPS) is 9.50. The molecule has 0 aliphatic carbocycles. The van der Waals surface area contributed by atoms with Crippen molar-refractivity contribution in [2.45, 2.75) is 13.3 Å². The Balaban J connectivity index is 2.97. The molecule has 0 aliphatic heterocycles. The van der Waals surface area contributed by atoms with Gasteiger partial charge in [-0.2, -0.15) is 5.26 Å². The summed E-state index contributed by atoms with van der Waals surface area (Å²) >= 11 is 0. The van der Waals surface area contributed by atoms with E-state index in [4.69, 9.17) is 10.00 Å². The highest BCUT2D eigenvalue weighted by molar-refractivity contribution is 5.90. The van der Waals surface area contributed by atoms with Crippen molar-refractivity contribution in [1.82, 2.24) is 4.57 Å². The van der Waals surface area contributed by atoms with Crippen LogP contribution in [-0.2, 0) is 18.2 Å². The second kappa shape index (κ2) is 4.47. The predicted molar refractivity (Wildman–Crippen MR) is 50.7 cm³/mol. The van der Waals surface area contributed by atoms with Crippen LogP contribution in [0.5, 0.6) is 0 Å². The molecule has 1 rings (SSSR count). The number of aryl methyl sites for hydroxylation is 1. The molecule has 0 saturated carbocycles. The maximum Gasteiger partial charge on any atom is 0.339 e. The van der Waals surface area contributed by atoms with Gasteiger partial charge < -0.3 is 9.30 Å². The lowest BCUT2D eigenvalue weighted by atomic mass is 10.2.